The predicted octanol–water partition coefficient (Wildman–Crippen LogP) is 1.44. The number of hydrogen-bond donors (Lipinski definition) is 3. The Morgan fingerprint density at radius 3 is 2.65 bits per heavy atom. The van der Waals surface area contributed by atoms with Crippen LogP contribution in [0.3, 0.4) is 0 Å². The second-order valence-electron chi connectivity index (χ2n) is 4.19. The van der Waals surface area contributed by atoms with Gasteiger partial charge >= 0.3 is 0 Å². The van der Waals surface area contributed by atoms with Gasteiger partial charge in [0.2, 0.25) is 0 Å². The molecule has 0 bridgehead atoms. The first-order valence-electron chi connectivity index (χ1n) is 6.21. The minimum atomic E-state index is -0.632. The van der Waals surface area contributed by atoms with E-state index in [0.717, 1.165) is 5.56 Å². The summed E-state index contributed by atoms with van der Waals surface area (Å²) >= 11 is 4.94. The molecule has 108 valence electrons. The Morgan fingerprint density at radius 2 is 2.05 bits per heavy atom. The van der Waals surface area contributed by atoms with Gasteiger partial charge in [0, 0.05) is 6.54 Å². The minimum absolute atomic E-state index is 0.312. The Kier molecular flexibility index (Phi) is 6.52. The first kappa shape index (κ1) is 16.0. The minimum Gasteiger partial charge on any atom is -0.481 e. The quantitative estimate of drug-likeness (QED) is 0.436. The summed E-state index contributed by atoms with van der Waals surface area (Å²) in [6.07, 6.45) is 1.03. The largest absolute Gasteiger partial charge is 0.481 e. The number of carbonyl (C=O) groups excluding carboxylic acids is 1. The molecule has 1 aromatic rings. The summed E-state index contributed by atoms with van der Waals surface area (Å²) in [6, 6.07) is 7.49. The molecule has 0 aliphatic rings. The summed E-state index contributed by atoms with van der Waals surface area (Å²) in [5, 5.41) is 3.15. The van der Waals surface area contributed by atoms with E-state index in [1.54, 1.807) is 13.0 Å². The van der Waals surface area contributed by atoms with E-state index < -0.39 is 6.10 Å². The fourth-order valence-electron chi connectivity index (χ4n) is 1.30. The molecule has 0 unspecified atom stereocenters. The maximum Gasteiger partial charge on any atom is 0.279 e. The molecular weight excluding hydrogens is 274 g/mol. The molecule has 0 heterocycles. The highest BCUT2D eigenvalue weighted by Crippen LogP contribution is 2.13. The first-order valence-corrected chi connectivity index (χ1v) is 6.61. The van der Waals surface area contributed by atoms with E-state index in [1.165, 1.54) is 0 Å². The number of amides is 1. The molecule has 1 amide bonds. The van der Waals surface area contributed by atoms with Crippen LogP contribution in [0.5, 0.6) is 5.75 Å². The molecule has 6 heteroatoms. The van der Waals surface area contributed by atoms with Crippen molar-refractivity contribution in [3.05, 3.63) is 42.5 Å². The molecule has 5 nitrogen and oxygen atoms in total. The summed E-state index contributed by atoms with van der Waals surface area (Å²) in [5.41, 5.74) is 6.19. The SMILES string of the molecule is C=CCNC(=S)NNC(=O)[C@H](C)Oc1ccc(C)cc1. The van der Waals surface area contributed by atoms with Crippen LogP contribution in [-0.2, 0) is 4.79 Å². The van der Waals surface area contributed by atoms with E-state index in [-0.39, 0.29) is 5.91 Å². The van der Waals surface area contributed by atoms with Crippen LogP contribution in [-0.4, -0.2) is 23.7 Å². The molecule has 0 aromatic heterocycles. The van der Waals surface area contributed by atoms with Crippen molar-refractivity contribution in [3.8, 4) is 5.75 Å². The standard InChI is InChI=1S/C14H19N3O2S/c1-4-9-15-14(20)17-16-13(18)11(3)19-12-7-5-10(2)6-8-12/h4-8,11H,1,9H2,2-3H3,(H,16,18)(H2,15,17,20)/t11-/m0/s1. The topological polar surface area (TPSA) is 62.4 Å². The fraction of sp³-hybridized carbons (Fsp3) is 0.286. The number of aryl methyl sites for hydroxylation is 1. The van der Waals surface area contributed by atoms with Gasteiger partial charge in [0.05, 0.1) is 0 Å². The lowest BCUT2D eigenvalue weighted by atomic mass is 10.2. The maximum atomic E-state index is 11.8. The molecule has 1 rings (SSSR count). The zero-order valence-electron chi connectivity index (χ0n) is 11.6. The number of hydrogen-bond acceptors (Lipinski definition) is 3. The Labute approximate surface area is 124 Å². The number of carbonyl (C=O) groups is 1. The molecule has 0 saturated heterocycles. The Balaban J connectivity index is 2.37. The van der Waals surface area contributed by atoms with Crippen LogP contribution >= 0.6 is 12.2 Å². The number of rotatable bonds is 5. The van der Waals surface area contributed by atoms with E-state index >= 15 is 0 Å². The van der Waals surface area contributed by atoms with Gasteiger partial charge in [0.25, 0.3) is 5.91 Å². The van der Waals surface area contributed by atoms with Gasteiger partial charge in [-0.05, 0) is 38.2 Å². The van der Waals surface area contributed by atoms with Crippen molar-refractivity contribution in [2.24, 2.45) is 0 Å². The molecule has 0 aliphatic carbocycles. The molecule has 20 heavy (non-hydrogen) atoms. The third kappa shape index (κ3) is 5.71. The van der Waals surface area contributed by atoms with Crippen LogP contribution in [0.25, 0.3) is 0 Å². The van der Waals surface area contributed by atoms with E-state index in [4.69, 9.17) is 17.0 Å². The van der Waals surface area contributed by atoms with Crippen molar-refractivity contribution < 1.29 is 9.53 Å². The third-order valence-electron chi connectivity index (χ3n) is 2.41. The maximum absolute atomic E-state index is 11.8. The second-order valence-corrected chi connectivity index (χ2v) is 4.59. The number of thiocarbonyl (C=S) groups is 1. The van der Waals surface area contributed by atoms with Crippen LogP contribution in [0.2, 0.25) is 0 Å². The van der Waals surface area contributed by atoms with Gasteiger partial charge < -0.3 is 10.1 Å². The summed E-state index contributed by atoms with van der Waals surface area (Å²) in [7, 11) is 0. The lowest BCUT2D eigenvalue weighted by Crippen LogP contribution is -2.50. The zero-order valence-corrected chi connectivity index (χ0v) is 12.4. The van der Waals surface area contributed by atoms with Crippen LogP contribution in [0, 0.1) is 6.92 Å². The van der Waals surface area contributed by atoms with E-state index in [2.05, 4.69) is 22.7 Å². The predicted molar refractivity (Wildman–Crippen MR) is 83.3 cm³/mol. The summed E-state index contributed by atoms with van der Waals surface area (Å²) in [4.78, 5) is 11.8. The number of hydrazine groups is 1. The van der Waals surface area contributed by atoms with Gasteiger partial charge in [-0.1, -0.05) is 23.8 Å². The Morgan fingerprint density at radius 1 is 1.40 bits per heavy atom. The van der Waals surface area contributed by atoms with Gasteiger partial charge in [-0.25, -0.2) is 0 Å². The monoisotopic (exact) mass is 293 g/mol. The number of benzene rings is 1. The van der Waals surface area contributed by atoms with Crippen LogP contribution in [0.1, 0.15) is 12.5 Å². The lowest BCUT2D eigenvalue weighted by molar-refractivity contribution is -0.127. The molecule has 0 spiro atoms. The summed E-state index contributed by atoms with van der Waals surface area (Å²) < 4.78 is 5.51. The van der Waals surface area contributed by atoms with Gasteiger partial charge in [0.1, 0.15) is 5.75 Å². The molecule has 0 fully saturated rings. The lowest BCUT2D eigenvalue weighted by Gasteiger charge is -2.16. The Hall–Kier alpha value is -2.08. The van der Waals surface area contributed by atoms with Crippen molar-refractivity contribution >= 4 is 23.2 Å². The first-order chi connectivity index (χ1) is 9.52. The average Bonchev–Trinajstić information content (AvgIpc) is 2.44. The summed E-state index contributed by atoms with van der Waals surface area (Å²) in [5.74, 6) is 0.332. The van der Waals surface area contributed by atoms with Gasteiger partial charge in [0.15, 0.2) is 11.2 Å². The van der Waals surface area contributed by atoms with Crippen molar-refractivity contribution in [2.45, 2.75) is 20.0 Å². The normalized spacial score (nSPS) is 11.1. The van der Waals surface area contributed by atoms with Crippen LogP contribution < -0.4 is 20.9 Å². The van der Waals surface area contributed by atoms with Gasteiger partial charge in [-0.2, -0.15) is 0 Å². The molecule has 3 N–H and O–H groups in total. The van der Waals surface area contributed by atoms with E-state index in [9.17, 15) is 4.79 Å². The fourth-order valence-corrected chi connectivity index (χ4v) is 1.44. The molecule has 1 aromatic carbocycles. The third-order valence-corrected chi connectivity index (χ3v) is 2.66. The second kappa shape index (κ2) is 8.16. The number of ether oxygens (including phenoxy) is 1. The highest BCUT2D eigenvalue weighted by molar-refractivity contribution is 7.80. The van der Waals surface area contributed by atoms with Gasteiger partial charge in [-0.3, -0.25) is 15.6 Å². The van der Waals surface area contributed by atoms with Crippen molar-refractivity contribution in [2.75, 3.05) is 6.54 Å². The average molecular weight is 293 g/mol. The van der Waals surface area contributed by atoms with E-state index in [1.807, 2.05) is 31.2 Å². The van der Waals surface area contributed by atoms with Crippen molar-refractivity contribution in [3.63, 3.8) is 0 Å². The van der Waals surface area contributed by atoms with Crippen molar-refractivity contribution in [1.29, 1.82) is 0 Å². The summed E-state index contributed by atoms with van der Waals surface area (Å²) in [6.45, 7) is 7.73. The molecule has 0 radical (unpaired) electrons. The number of nitrogens with one attached hydrogen (secondary N) is 3. The van der Waals surface area contributed by atoms with Gasteiger partial charge in [-0.15, -0.1) is 6.58 Å². The highest BCUT2D eigenvalue weighted by Gasteiger charge is 2.14. The molecule has 1 atom stereocenters. The Bertz CT molecular complexity index is 474. The smallest absolute Gasteiger partial charge is 0.279 e. The van der Waals surface area contributed by atoms with E-state index in [0.29, 0.717) is 17.4 Å². The molecule has 0 saturated carbocycles. The van der Waals surface area contributed by atoms with Crippen molar-refractivity contribution in [1.82, 2.24) is 16.2 Å². The van der Waals surface area contributed by atoms with Crippen LogP contribution in [0.4, 0.5) is 0 Å². The highest BCUT2D eigenvalue weighted by atomic mass is 32.1. The van der Waals surface area contributed by atoms with Crippen LogP contribution in [0.15, 0.2) is 36.9 Å². The molecule has 0 aliphatic heterocycles. The molecular formula is C14H19N3O2S. The zero-order chi connectivity index (χ0) is 15.0.